The van der Waals surface area contributed by atoms with Gasteiger partial charge < -0.3 is 4.74 Å². The molecule has 2 rings (SSSR count). The first-order chi connectivity index (χ1) is 10.1. The first-order valence-electron chi connectivity index (χ1n) is 7.50. The summed E-state index contributed by atoms with van der Waals surface area (Å²) < 4.78 is 34.0. The van der Waals surface area contributed by atoms with Gasteiger partial charge >= 0.3 is 0 Å². The quantitative estimate of drug-likeness (QED) is 0.785. The summed E-state index contributed by atoms with van der Waals surface area (Å²) in [6.45, 7) is 0.593. The van der Waals surface area contributed by atoms with Crippen molar-refractivity contribution in [2.24, 2.45) is 0 Å². The maximum atomic E-state index is 12.2. The van der Waals surface area contributed by atoms with E-state index in [9.17, 15) is 8.42 Å². The Labute approximate surface area is 127 Å². The minimum atomic E-state index is -3.41. The summed E-state index contributed by atoms with van der Waals surface area (Å²) in [6, 6.07) is 9.51. The second-order valence-corrected chi connectivity index (χ2v) is 7.18. The number of benzene rings is 1. The fourth-order valence-corrected chi connectivity index (χ4v) is 3.75. The van der Waals surface area contributed by atoms with E-state index in [4.69, 9.17) is 4.74 Å². The summed E-state index contributed by atoms with van der Waals surface area (Å²) in [5.74, 6) is 0.748. The Morgan fingerprint density at radius 1 is 1.19 bits per heavy atom. The zero-order chi connectivity index (χ0) is 15.1. The molecule has 0 bridgehead atoms. The Morgan fingerprint density at radius 2 is 1.86 bits per heavy atom. The molecule has 0 saturated heterocycles. The molecule has 1 saturated carbocycles. The molecule has 1 aromatic rings. The lowest BCUT2D eigenvalue weighted by atomic mass is 9.96. The summed E-state index contributed by atoms with van der Waals surface area (Å²) in [5.41, 5.74) is 0. The molecule has 0 heterocycles. The second kappa shape index (κ2) is 7.77. The van der Waals surface area contributed by atoms with Gasteiger partial charge in [0.25, 0.3) is 10.2 Å². The topological polar surface area (TPSA) is 58.6 Å². The molecule has 0 atom stereocenters. The van der Waals surface area contributed by atoms with Gasteiger partial charge in [0.15, 0.2) is 0 Å². The van der Waals surface area contributed by atoms with Gasteiger partial charge in [-0.05, 0) is 25.0 Å². The second-order valence-electron chi connectivity index (χ2n) is 5.37. The van der Waals surface area contributed by atoms with Gasteiger partial charge in [0, 0.05) is 19.6 Å². The summed E-state index contributed by atoms with van der Waals surface area (Å²) >= 11 is 0. The number of ether oxygens (including phenoxy) is 1. The van der Waals surface area contributed by atoms with Crippen LogP contribution in [0.3, 0.4) is 0 Å². The molecule has 1 aliphatic rings. The van der Waals surface area contributed by atoms with Crippen LogP contribution in [0, 0.1) is 0 Å². The van der Waals surface area contributed by atoms with E-state index in [-0.39, 0.29) is 12.6 Å². The van der Waals surface area contributed by atoms with Gasteiger partial charge in [-0.25, -0.2) is 0 Å². The van der Waals surface area contributed by atoms with Crippen LogP contribution in [0.5, 0.6) is 5.75 Å². The number of nitrogens with zero attached hydrogens (tertiary/aromatic N) is 1. The minimum absolute atomic E-state index is 0.131. The van der Waals surface area contributed by atoms with E-state index >= 15 is 0 Å². The predicted molar refractivity (Wildman–Crippen MR) is 83.5 cm³/mol. The highest BCUT2D eigenvalue weighted by molar-refractivity contribution is 7.87. The monoisotopic (exact) mass is 312 g/mol. The molecule has 0 radical (unpaired) electrons. The van der Waals surface area contributed by atoms with Crippen molar-refractivity contribution in [3.63, 3.8) is 0 Å². The van der Waals surface area contributed by atoms with Gasteiger partial charge in [-0.2, -0.15) is 17.4 Å². The highest BCUT2D eigenvalue weighted by Crippen LogP contribution is 2.22. The van der Waals surface area contributed by atoms with Crippen molar-refractivity contribution in [3.8, 4) is 5.75 Å². The van der Waals surface area contributed by atoms with Gasteiger partial charge in [-0.15, -0.1) is 0 Å². The first kappa shape index (κ1) is 16.3. The van der Waals surface area contributed by atoms with Crippen LogP contribution in [-0.2, 0) is 10.2 Å². The number of rotatable bonds is 7. The maximum Gasteiger partial charge on any atom is 0.279 e. The van der Waals surface area contributed by atoms with E-state index in [0.717, 1.165) is 31.4 Å². The number of hydrogen-bond acceptors (Lipinski definition) is 3. The van der Waals surface area contributed by atoms with Crippen LogP contribution in [0.25, 0.3) is 0 Å². The lowest BCUT2D eigenvalue weighted by Gasteiger charge is -2.30. The smallest absolute Gasteiger partial charge is 0.279 e. The van der Waals surface area contributed by atoms with E-state index in [1.165, 1.54) is 10.7 Å². The summed E-state index contributed by atoms with van der Waals surface area (Å²) in [7, 11) is -1.75. The number of hydrogen-bond donors (Lipinski definition) is 1. The summed E-state index contributed by atoms with van der Waals surface area (Å²) in [5, 5.41) is 0. The molecule has 1 aromatic carbocycles. The summed E-state index contributed by atoms with van der Waals surface area (Å²) in [4.78, 5) is 0. The Kier molecular flexibility index (Phi) is 6.02. The standard InChI is InChI=1S/C15H24N2O3S/c1-17(14-8-4-2-5-9-14)21(18,19)16-12-13-20-15-10-6-3-7-11-15/h3,6-7,10-11,14,16H,2,4-5,8-9,12-13H2,1H3. The molecule has 0 aromatic heterocycles. The van der Waals surface area contributed by atoms with Crippen LogP contribution >= 0.6 is 0 Å². The molecule has 1 fully saturated rings. The highest BCUT2D eigenvalue weighted by Gasteiger charge is 2.26. The van der Waals surface area contributed by atoms with Crippen molar-refractivity contribution in [3.05, 3.63) is 30.3 Å². The lowest BCUT2D eigenvalue weighted by Crippen LogP contribution is -2.45. The molecule has 21 heavy (non-hydrogen) atoms. The number of nitrogens with one attached hydrogen (secondary N) is 1. The molecule has 6 heteroatoms. The average Bonchev–Trinajstić information content (AvgIpc) is 2.53. The van der Waals surface area contributed by atoms with Gasteiger partial charge in [0.2, 0.25) is 0 Å². The van der Waals surface area contributed by atoms with E-state index in [2.05, 4.69) is 4.72 Å². The summed E-state index contributed by atoms with van der Waals surface area (Å²) in [6.07, 6.45) is 5.35. The molecule has 5 nitrogen and oxygen atoms in total. The third-order valence-electron chi connectivity index (χ3n) is 3.87. The fourth-order valence-electron chi connectivity index (χ4n) is 2.60. The Balaban J connectivity index is 1.75. The fraction of sp³-hybridized carbons (Fsp3) is 0.600. The molecule has 0 amide bonds. The zero-order valence-corrected chi connectivity index (χ0v) is 13.3. The third-order valence-corrected chi connectivity index (χ3v) is 5.49. The Morgan fingerprint density at radius 3 is 2.52 bits per heavy atom. The Hall–Kier alpha value is -1.11. The van der Waals surface area contributed by atoms with Crippen LogP contribution in [0.15, 0.2) is 30.3 Å². The average molecular weight is 312 g/mol. The van der Waals surface area contributed by atoms with Crippen molar-refractivity contribution in [1.29, 1.82) is 0 Å². The molecular formula is C15H24N2O3S. The molecule has 0 aliphatic heterocycles. The van der Waals surface area contributed by atoms with Crippen molar-refractivity contribution in [2.75, 3.05) is 20.2 Å². The van der Waals surface area contributed by atoms with E-state index in [1.807, 2.05) is 30.3 Å². The third kappa shape index (κ3) is 4.98. The van der Waals surface area contributed by atoms with Crippen molar-refractivity contribution < 1.29 is 13.2 Å². The van der Waals surface area contributed by atoms with Gasteiger partial charge in [-0.3, -0.25) is 0 Å². The SMILES string of the molecule is CN(C1CCCCC1)S(=O)(=O)NCCOc1ccccc1. The maximum absolute atomic E-state index is 12.2. The molecule has 1 aliphatic carbocycles. The highest BCUT2D eigenvalue weighted by atomic mass is 32.2. The molecule has 118 valence electrons. The largest absolute Gasteiger partial charge is 0.492 e. The van der Waals surface area contributed by atoms with Crippen molar-refractivity contribution in [2.45, 2.75) is 38.1 Å². The van der Waals surface area contributed by atoms with E-state index in [0.29, 0.717) is 6.61 Å². The van der Waals surface area contributed by atoms with Crippen LogP contribution in [0.2, 0.25) is 0 Å². The Bertz CT molecular complexity index is 513. The van der Waals surface area contributed by atoms with E-state index in [1.54, 1.807) is 7.05 Å². The molecule has 0 unspecified atom stereocenters. The van der Waals surface area contributed by atoms with Crippen molar-refractivity contribution in [1.82, 2.24) is 9.03 Å². The normalized spacial score (nSPS) is 17.0. The first-order valence-corrected chi connectivity index (χ1v) is 8.94. The zero-order valence-electron chi connectivity index (χ0n) is 12.5. The van der Waals surface area contributed by atoms with Gasteiger partial charge in [0.1, 0.15) is 12.4 Å². The van der Waals surface area contributed by atoms with Crippen molar-refractivity contribution >= 4 is 10.2 Å². The van der Waals surface area contributed by atoms with Crippen LogP contribution < -0.4 is 9.46 Å². The van der Waals surface area contributed by atoms with E-state index < -0.39 is 10.2 Å². The van der Waals surface area contributed by atoms with Crippen LogP contribution in [0.1, 0.15) is 32.1 Å². The molecule has 1 N–H and O–H groups in total. The minimum Gasteiger partial charge on any atom is -0.492 e. The van der Waals surface area contributed by atoms with Crippen LogP contribution in [-0.4, -0.2) is 39.0 Å². The molecule has 0 spiro atoms. The van der Waals surface area contributed by atoms with Crippen LogP contribution in [0.4, 0.5) is 0 Å². The predicted octanol–water partition coefficient (Wildman–Crippen LogP) is 2.16. The lowest BCUT2D eigenvalue weighted by molar-refractivity contribution is 0.279. The van der Waals surface area contributed by atoms with Gasteiger partial charge in [0.05, 0.1) is 0 Å². The number of para-hydroxylation sites is 1. The van der Waals surface area contributed by atoms with Gasteiger partial charge in [-0.1, -0.05) is 37.5 Å². The molecular weight excluding hydrogens is 288 g/mol.